The van der Waals surface area contributed by atoms with Gasteiger partial charge >= 0.3 is 0 Å². The third kappa shape index (κ3) is 4.95. The molecule has 1 unspecified atom stereocenters. The van der Waals surface area contributed by atoms with Crippen molar-refractivity contribution in [1.29, 1.82) is 0 Å². The molecule has 7 nitrogen and oxygen atoms in total. The molecular weight excluding hydrogens is 482 g/mol. The van der Waals surface area contributed by atoms with Gasteiger partial charge in [0.1, 0.15) is 5.58 Å². The zero-order valence-corrected chi connectivity index (χ0v) is 21.7. The molecule has 0 fully saturated rings. The van der Waals surface area contributed by atoms with Gasteiger partial charge in [0.15, 0.2) is 16.9 Å². The normalized spacial score (nSPS) is 15.0. The smallest absolute Gasteiger partial charge is 0.290 e. The molecule has 1 aromatic heterocycles. The minimum absolute atomic E-state index is 0.0207. The molecule has 1 atom stereocenters. The molecule has 0 aliphatic carbocycles. The number of unbranched alkanes of at least 4 members (excludes halogenated alkanes) is 3. The Labute approximate surface area is 215 Å². The van der Waals surface area contributed by atoms with Gasteiger partial charge in [-0.2, -0.15) is 0 Å². The SMILES string of the molecule is CCCCCCOc1ccc(C2c3c(oc4cc(C)c(Cl)cc4c3=O)C(=O)N2CCCO)cc1OC. The first-order valence-electron chi connectivity index (χ1n) is 12.4. The van der Waals surface area contributed by atoms with E-state index >= 15 is 0 Å². The lowest BCUT2D eigenvalue weighted by molar-refractivity contribution is 0.0716. The fourth-order valence-corrected chi connectivity index (χ4v) is 4.81. The van der Waals surface area contributed by atoms with Crippen molar-refractivity contribution in [1.82, 2.24) is 4.90 Å². The van der Waals surface area contributed by atoms with Gasteiger partial charge in [0, 0.05) is 18.2 Å². The first-order chi connectivity index (χ1) is 17.4. The van der Waals surface area contributed by atoms with E-state index in [1.54, 1.807) is 30.2 Å². The number of carbonyl (C=O) groups excluding carboxylic acids is 1. The maximum atomic E-state index is 13.7. The highest BCUT2D eigenvalue weighted by Gasteiger charge is 2.42. The van der Waals surface area contributed by atoms with Crippen LogP contribution in [0.4, 0.5) is 0 Å². The fourth-order valence-electron chi connectivity index (χ4n) is 4.64. The van der Waals surface area contributed by atoms with Gasteiger partial charge in [-0.3, -0.25) is 9.59 Å². The minimum atomic E-state index is -0.688. The molecule has 3 aromatic rings. The van der Waals surface area contributed by atoms with Gasteiger partial charge in [-0.15, -0.1) is 0 Å². The summed E-state index contributed by atoms with van der Waals surface area (Å²) >= 11 is 6.30. The number of carbonyl (C=O) groups is 1. The van der Waals surface area contributed by atoms with E-state index in [0.29, 0.717) is 46.1 Å². The zero-order valence-electron chi connectivity index (χ0n) is 20.9. The summed E-state index contributed by atoms with van der Waals surface area (Å²) < 4.78 is 17.5. The lowest BCUT2D eigenvalue weighted by atomic mass is 9.97. The lowest BCUT2D eigenvalue weighted by Gasteiger charge is -2.25. The predicted octanol–water partition coefficient (Wildman–Crippen LogP) is 5.65. The Hall–Kier alpha value is -3.03. The Bertz CT molecular complexity index is 1320. The highest BCUT2D eigenvalue weighted by molar-refractivity contribution is 6.32. The number of hydrogen-bond donors (Lipinski definition) is 1. The second kappa shape index (κ2) is 11.4. The van der Waals surface area contributed by atoms with Gasteiger partial charge in [-0.1, -0.05) is 43.9 Å². The van der Waals surface area contributed by atoms with Gasteiger partial charge in [-0.25, -0.2) is 0 Å². The number of aliphatic hydroxyl groups excluding tert-OH is 1. The van der Waals surface area contributed by atoms with Gasteiger partial charge in [0.05, 0.1) is 30.7 Å². The Morgan fingerprint density at radius 3 is 2.61 bits per heavy atom. The van der Waals surface area contributed by atoms with E-state index < -0.39 is 6.04 Å². The van der Waals surface area contributed by atoms with Crippen LogP contribution in [0, 0.1) is 6.92 Å². The maximum absolute atomic E-state index is 13.7. The van der Waals surface area contributed by atoms with Crippen molar-refractivity contribution in [3.8, 4) is 11.5 Å². The molecule has 0 spiro atoms. The summed E-state index contributed by atoms with van der Waals surface area (Å²) in [6.45, 7) is 4.74. The van der Waals surface area contributed by atoms with Crippen LogP contribution in [-0.4, -0.2) is 42.8 Å². The first-order valence-corrected chi connectivity index (χ1v) is 12.8. The van der Waals surface area contributed by atoms with E-state index in [2.05, 4.69) is 6.92 Å². The van der Waals surface area contributed by atoms with Crippen LogP contribution in [0.1, 0.15) is 72.3 Å². The van der Waals surface area contributed by atoms with Crippen molar-refractivity contribution >= 4 is 28.5 Å². The highest BCUT2D eigenvalue weighted by Crippen LogP contribution is 2.41. The van der Waals surface area contributed by atoms with Crippen LogP contribution in [0.15, 0.2) is 39.5 Å². The predicted molar refractivity (Wildman–Crippen MR) is 139 cm³/mol. The highest BCUT2D eigenvalue weighted by atomic mass is 35.5. The second-order valence-corrected chi connectivity index (χ2v) is 9.48. The summed E-state index contributed by atoms with van der Waals surface area (Å²) in [7, 11) is 1.56. The average molecular weight is 514 g/mol. The van der Waals surface area contributed by atoms with Crippen LogP contribution >= 0.6 is 11.6 Å². The number of rotatable bonds is 11. The second-order valence-electron chi connectivity index (χ2n) is 9.07. The van der Waals surface area contributed by atoms with Crippen LogP contribution in [-0.2, 0) is 0 Å². The summed E-state index contributed by atoms with van der Waals surface area (Å²) in [5, 5.41) is 10.2. The number of benzene rings is 2. The number of amides is 1. The average Bonchev–Trinajstić information content (AvgIpc) is 3.15. The summed E-state index contributed by atoms with van der Waals surface area (Å²) in [6, 6.07) is 8.02. The number of aliphatic hydroxyl groups is 1. The molecule has 0 radical (unpaired) electrons. The molecule has 4 rings (SSSR count). The number of ether oxygens (including phenoxy) is 2. The van der Waals surface area contributed by atoms with Crippen LogP contribution in [0.5, 0.6) is 11.5 Å². The summed E-state index contributed by atoms with van der Waals surface area (Å²) in [5.41, 5.74) is 1.73. The Balaban J connectivity index is 1.78. The van der Waals surface area contributed by atoms with E-state index in [0.717, 1.165) is 24.8 Å². The fraction of sp³-hybridized carbons (Fsp3) is 0.429. The number of hydrogen-bond acceptors (Lipinski definition) is 6. The molecule has 8 heteroatoms. The number of fused-ring (bicyclic) bond motifs is 2. The first kappa shape index (κ1) is 26.0. The molecule has 1 amide bonds. The van der Waals surface area contributed by atoms with Crippen molar-refractivity contribution < 1.29 is 23.8 Å². The molecule has 192 valence electrons. The van der Waals surface area contributed by atoms with Gasteiger partial charge in [0.2, 0.25) is 5.76 Å². The third-order valence-electron chi connectivity index (χ3n) is 6.56. The molecular formula is C28H32ClNO6. The molecule has 2 aromatic carbocycles. The third-order valence-corrected chi connectivity index (χ3v) is 6.97. The maximum Gasteiger partial charge on any atom is 0.290 e. The van der Waals surface area contributed by atoms with Crippen molar-refractivity contribution in [3.05, 3.63) is 68.0 Å². The van der Waals surface area contributed by atoms with Crippen molar-refractivity contribution in [2.24, 2.45) is 0 Å². The minimum Gasteiger partial charge on any atom is -0.493 e. The van der Waals surface area contributed by atoms with Crippen molar-refractivity contribution in [3.63, 3.8) is 0 Å². The molecule has 0 saturated carbocycles. The number of aryl methyl sites for hydroxylation is 1. The molecule has 1 aliphatic heterocycles. The quantitative estimate of drug-likeness (QED) is 0.333. The van der Waals surface area contributed by atoms with Crippen molar-refractivity contribution in [2.75, 3.05) is 26.9 Å². The molecule has 0 saturated heterocycles. The molecule has 0 bridgehead atoms. The van der Waals surface area contributed by atoms with E-state index in [-0.39, 0.29) is 35.8 Å². The summed E-state index contributed by atoms with van der Waals surface area (Å²) in [5.74, 6) is 0.768. The Morgan fingerprint density at radius 1 is 1.08 bits per heavy atom. The standard InChI is InChI=1S/C28H32ClNO6/c1-4-5-6-7-13-35-21-10-9-18(15-23(21)34-3)25-24-26(32)19-16-20(29)17(2)14-22(19)36-27(24)28(33)30(25)11-8-12-31/h9-10,14-16,25,31H,4-8,11-13H2,1-3H3. The van der Waals surface area contributed by atoms with Crippen LogP contribution in [0.25, 0.3) is 11.0 Å². The van der Waals surface area contributed by atoms with Crippen LogP contribution in [0.2, 0.25) is 5.02 Å². The number of methoxy groups -OCH3 is 1. The Morgan fingerprint density at radius 2 is 1.89 bits per heavy atom. The molecule has 2 heterocycles. The topological polar surface area (TPSA) is 89.2 Å². The van der Waals surface area contributed by atoms with Gasteiger partial charge < -0.3 is 23.9 Å². The van der Waals surface area contributed by atoms with E-state index in [9.17, 15) is 14.7 Å². The lowest BCUT2D eigenvalue weighted by Crippen LogP contribution is -2.31. The van der Waals surface area contributed by atoms with E-state index in [4.69, 9.17) is 25.5 Å². The van der Waals surface area contributed by atoms with E-state index in [1.165, 1.54) is 6.42 Å². The molecule has 1 aliphatic rings. The molecule has 36 heavy (non-hydrogen) atoms. The van der Waals surface area contributed by atoms with Gasteiger partial charge in [-0.05, 0) is 55.2 Å². The number of nitrogens with zero attached hydrogens (tertiary/aromatic N) is 1. The Kier molecular flexibility index (Phi) is 8.21. The summed E-state index contributed by atoms with van der Waals surface area (Å²) in [4.78, 5) is 28.7. The number of halogens is 1. The van der Waals surface area contributed by atoms with E-state index in [1.807, 2.05) is 19.1 Å². The molecule has 1 N–H and O–H groups in total. The monoisotopic (exact) mass is 513 g/mol. The zero-order chi connectivity index (χ0) is 25.8. The summed E-state index contributed by atoms with van der Waals surface area (Å²) in [6.07, 6.45) is 4.74. The van der Waals surface area contributed by atoms with Crippen LogP contribution < -0.4 is 14.9 Å². The van der Waals surface area contributed by atoms with Crippen molar-refractivity contribution in [2.45, 2.75) is 52.0 Å². The van der Waals surface area contributed by atoms with Gasteiger partial charge in [0.25, 0.3) is 5.91 Å². The van der Waals surface area contributed by atoms with Crippen LogP contribution in [0.3, 0.4) is 0 Å². The largest absolute Gasteiger partial charge is 0.493 e.